The lowest BCUT2D eigenvalue weighted by Gasteiger charge is -2.07. The van der Waals surface area contributed by atoms with Crippen molar-refractivity contribution in [3.63, 3.8) is 0 Å². The monoisotopic (exact) mass is 396 g/mol. The maximum atomic E-state index is 12.7. The van der Waals surface area contributed by atoms with Gasteiger partial charge in [-0.1, -0.05) is 41.9 Å². The van der Waals surface area contributed by atoms with Gasteiger partial charge in [0.05, 0.1) is 17.4 Å². The number of aromatic nitrogens is 3. The summed E-state index contributed by atoms with van der Waals surface area (Å²) in [5.74, 6) is -0.383. The van der Waals surface area contributed by atoms with Crippen LogP contribution in [0.3, 0.4) is 0 Å². The summed E-state index contributed by atoms with van der Waals surface area (Å²) >= 11 is 7.38. The standard InChI is InChI=1S/C19H13ClN4O2S/c20-17-14(7-4-8-21-17)23-16(25)10-24-11-22-18-13(19(24)26)9-15(27-18)12-5-2-1-3-6-12/h1-9,11H,10H2,(H,23,25). The minimum atomic E-state index is -0.383. The fraction of sp³-hybridized carbons (Fsp3) is 0.0526. The van der Waals surface area contributed by atoms with Crippen LogP contribution in [-0.2, 0) is 11.3 Å². The fourth-order valence-electron chi connectivity index (χ4n) is 2.64. The van der Waals surface area contributed by atoms with Gasteiger partial charge in [0.15, 0.2) is 5.15 Å². The summed E-state index contributed by atoms with van der Waals surface area (Å²) in [6, 6.07) is 14.9. The van der Waals surface area contributed by atoms with E-state index in [0.29, 0.717) is 15.9 Å². The third-order valence-corrected chi connectivity index (χ3v) is 5.32. The van der Waals surface area contributed by atoms with E-state index in [1.54, 1.807) is 12.1 Å². The van der Waals surface area contributed by atoms with Crippen LogP contribution < -0.4 is 10.9 Å². The summed E-state index contributed by atoms with van der Waals surface area (Å²) < 4.78 is 1.28. The first-order chi connectivity index (χ1) is 13.1. The minimum Gasteiger partial charge on any atom is -0.322 e. The van der Waals surface area contributed by atoms with Crippen molar-refractivity contribution in [1.82, 2.24) is 14.5 Å². The Kier molecular flexibility index (Phi) is 4.70. The highest BCUT2D eigenvalue weighted by Crippen LogP contribution is 2.30. The van der Waals surface area contributed by atoms with Gasteiger partial charge in [-0.2, -0.15) is 0 Å². The number of halogens is 1. The molecule has 1 N–H and O–H groups in total. The van der Waals surface area contributed by atoms with Crippen LogP contribution in [0.5, 0.6) is 0 Å². The molecule has 134 valence electrons. The summed E-state index contributed by atoms with van der Waals surface area (Å²) in [7, 11) is 0. The lowest BCUT2D eigenvalue weighted by Crippen LogP contribution is -2.27. The zero-order chi connectivity index (χ0) is 18.8. The van der Waals surface area contributed by atoms with Gasteiger partial charge in [0.25, 0.3) is 5.56 Å². The number of nitrogens with zero attached hydrogens (tertiary/aromatic N) is 3. The third kappa shape index (κ3) is 3.60. The Morgan fingerprint density at radius 2 is 1.96 bits per heavy atom. The number of benzene rings is 1. The normalized spacial score (nSPS) is 10.9. The van der Waals surface area contributed by atoms with Crippen molar-refractivity contribution in [2.75, 3.05) is 5.32 Å². The smallest absolute Gasteiger partial charge is 0.262 e. The number of amides is 1. The zero-order valence-corrected chi connectivity index (χ0v) is 15.5. The van der Waals surface area contributed by atoms with E-state index in [0.717, 1.165) is 10.4 Å². The van der Waals surface area contributed by atoms with Gasteiger partial charge < -0.3 is 5.32 Å². The Morgan fingerprint density at radius 1 is 1.15 bits per heavy atom. The third-order valence-electron chi connectivity index (χ3n) is 3.92. The highest BCUT2D eigenvalue weighted by atomic mass is 35.5. The molecular weight excluding hydrogens is 384 g/mol. The Balaban J connectivity index is 1.61. The number of hydrogen-bond acceptors (Lipinski definition) is 5. The van der Waals surface area contributed by atoms with E-state index in [4.69, 9.17) is 11.6 Å². The van der Waals surface area contributed by atoms with Crippen molar-refractivity contribution in [1.29, 1.82) is 0 Å². The fourth-order valence-corrected chi connectivity index (χ4v) is 3.80. The Hall–Kier alpha value is -3.03. The van der Waals surface area contributed by atoms with E-state index in [9.17, 15) is 9.59 Å². The van der Waals surface area contributed by atoms with Crippen LogP contribution in [0, 0.1) is 0 Å². The maximum Gasteiger partial charge on any atom is 0.262 e. The van der Waals surface area contributed by atoms with E-state index in [1.807, 2.05) is 36.4 Å². The van der Waals surface area contributed by atoms with Gasteiger partial charge in [-0.15, -0.1) is 11.3 Å². The van der Waals surface area contributed by atoms with Gasteiger partial charge >= 0.3 is 0 Å². The van der Waals surface area contributed by atoms with Gasteiger partial charge in [0.2, 0.25) is 5.91 Å². The molecule has 1 amide bonds. The lowest BCUT2D eigenvalue weighted by molar-refractivity contribution is -0.116. The topological polar surface area (TPSA) is 76.9 Å². The average Bonchev–Trinajstić information content (AvgIpc) is 3.12. The van der Waals surface area contributed by atoms with Crippen LogP contribution in [-0.4, -0.2) is 20.4 Å². The molecule has 3 aromatic heterocycles. The summed E-state index contributed by atoms with van der Waals surface area (Å²) in [5, 5.41) is 3.33. The summed E-state index contributed by atoms with van der Waals surface area (Å²) in [6.07, 6.45) is 2.92. The molecule has 4 rings (SSSR count). The van der Waals surface area contributed by atoms with Gasteiger partial charge in [0, 0.05) is 11.1 Å². The molecule has 0 atom stereocenters. The predicted molar refractivity (Wildman–Crippen MR) is 107 cm³/mol. The molecule has 4 aromatic rings. The van der Waals surface area contributed by atoms with E-state index in [2.05, 4.69) is 15.3 Å². The lowest BCUT2D eigenvalue weighted by atomic mass is 10.2. The van der Waals surface area contributed by atoms with Crippen LogP contribution in [0.25, 0.3) is 20.7 Å². The Morgan fingerprint density at radius 3 is 2.74 bits per heavy atom. The van der Waals surface area contributed by atoms with Crippen molar-refractivity contribution in [2.24, 2.45) is 0 Å². The number of thiophene rings is 1. The van der Waals surface area contributed by atoms with Crippen LogP contribution in [0.4, 0.5) is 5.69 Å². The predicted octanol–water partition coefficient (Wildman–Crippen LogP) is 3.81. The average molecular weight is 397 g/mol. The summed E-state index contributed by atoms with van der Waals surface area (Å²) in [6.45, 7) is -0.163. The van der Waals surface area contributed by atoms with Gasteiger partial charge in [-0.25, -0.2) is 9.97 Å². The van der Waals surface area contributed by atoms with E-state index >= 15 is 0 Å². The molecule has 0 aliphatic carbocycles. The van der Waals surface area contributed by atoms with E-state index < -0.39 is 0 Å². The molecule has 27 heavy (non-hydrogen) atoms. The van der Waals surface area contributed by atoms with Gasteiger partial charge in [0.1, 0.15) is 11.4 Å². The molecule has 0 radical (unpaired) electrons. The van der Waals surface area contributed by atoms with Crippen LogP contribution in [0.1, 0.15) is 0 Å². The van der Waals surface area contributed by atoms with Gasteiger partial charge in [-0.05, 0) is 23.8 Å². The van der Waals surface area contributed by atoms with Gasteiger partial charge in [-0.3, -0.25) is 14.2 Å². The van der Waals surface area contributed by atoms with Crippen molar-refractivity contribution in [3.05, 3.63) is 76.6 Å². The summed E-state index contributed by atoms with van der Waals surface area (Å²) in [5.41, 5.74) is 1.16. The summed E-state index contributed by atoms with van der Waals surface area (Å²) in [4.78, 5) is 34.8. The largest absolute Gasteiger partial charge is 0.322 e. The molecule has 0 bridgehead atoms. The highest BCUT2D eigenvalue weighted by molar-refractivity contribution is 7.21. The SMILES string of the molecule is O=C(Cn1cnc2sc(-c3ccccc3)cc2c1=O)Nc1cccnc1Cl. The number of carbonyl (C=O) groups is 1. The van der Waals surface area contributed by atoms with Crippen LogP contribution in [0.2, 0.25) is 5.15 Å². The van der Waals surface area contributed by atoms with Crippen molar-refractivity contribution >= 4 is 44.7 Å². The molecule has 6 nitrogen and oxygen atoms in total. The molecule has 8 heteroatoms. The molecule has 0 saturated heterocycles. The number of rotatable bonds is 4. The Labute approximate surface area is 163 Å². The maximum absolute atomic E-state index is 12.7. The second-order valence-electron chi connectivity index (χ2n) is 5.76. The van der Waals surface area contributed by atoms with Crippen molar-refractivity contribution < 1.29 is 4.79 Å². The molecule has 0 aliphatic rings. The first kappa shape index (κ1) is 17.4. The van der Waals surface area contributed by atoms with Crippen LogP contribution in [0.15, 0.2) is 65.8 Å². The van der Waals surface area contributed by atoms with E-state index in [-0.39, 0.29) is 23.2 Å². The molecule has 0 spiro atoms. The Bertz CT molecular complexity index is 1190. The molecule has 0 saturated carbocycles. The second-order valence-corrected chi connectivity index (χ2v) is 7.15. The van der Waals surface area contributed by atoms with Crippen LogP contribution >= 0.6 is 22.9 Å². The van der Waals surface area contributed by atoms with Crippen molar-refractivity contribution in [2.45, 2.75) is 6.54 Å². The molecule has 0 fully saturated rings. The molecule has 1 aromatic carbocycles. The minimum absolute atomic E-state index is 0.163. The molecule has 3 heterocycles. The number of nitrogens with one attached hydrogen (secondary N) is 1. The quantitative estimate of drug-likeness (QED) is 0.532. The number of hydrogen-bond donors (Lipinski definition) is 1. The first-order valence-electron chi connectivity index (χ1n) is 8.06. The highest BCUT2D eigenvalue weighted by Gasteiger charge is 2.13. The van der Waals surface area contributed by atoms with E-state index in [1.165, 1.54) is 28.4 Å². The second kappa shape index (κ2) is 7.30. The zero-order valence-electron chi connectivity index (χ0n) is 13.9. The first-order valence-corrected chi connectivity index (χ1v) is 9.26. The number of anilines is 1. The molecule has 0 aliphatic heterocycles. The number of fused-ring (bicyclic) bond motifs is 1. The number of carbonyl (C=O) groups excluding carboxylic acids is 1. The molecule has 0 unspecified atom stereocenters. The van der Waals surface area contributed by atoms with Crippen molar-refractivity contribution in [3.8, 4) is 10.4 Å². The number of pyridine rings is 1. The molecular formula is C19H13ClN4O2S.